The van der Waals surface area contributed by atoms with Crippen molar-refractivity contribution in [2.75, 3.05) is 10.7 Å². The Kier molecular flexibility index (Phi) is 4.35. The molecule has 0 aliphatic rings. The topological polar surface area (TPSA) is 83.4 Å². The van der Waals surface area contributed by atoms with Crippen molar-refractivity contribution in [3.05, 3.63) is 53.4 Å². The average molecular weight is 347 g/mol. The van der Waals surface area contributed by atoms with Crippen molar-refractivity contribution in [2.24, 2.45) is 0 Å². The molecule has 0 fully saturated rings. The van der Waals surface area contributed by atoms with E-state index in [-0.39, 0.29) is 10.9 Å². The van der Waals surface area contributed by atoms with E-state index in [1.807, 2.05) is 0 Å². The standard InChI is InChI=1S/C13H10FN7S2/c14-8-2-1-3-9(6-8)17-12(22)20-21-11(18-19-13(21)23)10-7-15-4-5-16-10/h1-7H,(H,19,23)(H2,17,20,22). The van der Waals surface area contributed by atoms with E-state index in [2.05, 4.69) is 30.9 Å². The van der Waals surface area contributed by atoms with Crippen LogP contribution in [-0.2, 0) is 0 Å². The highest BCUT2D eigenvalue weighted by Gasteiger charge is 2.11. The Morgan fingerprint density at radius 3 is 2.91 bits per heavy atom. The molecule has 0 bridgehead atoms. The van der Waals surface area contributed by atoms with Crippen molar-refractivity contribution >= 4 is 35.2 Å². The summed E-state index contributed by atoms with van der Waals surface area (Å²) in [5.74, 6) is 0.0597. The second-order valence-corrected chi connectivity index (χ2v) is 5.15. The molecule has 3 rings (SSSR count). The number of thiocarbonyl (C=S) groups is 1. The summed E-state index contributed by atoms with van der Waals surface area (Å²) in [6.07, 6.45) is 4.64. The first-order valence-electron chi connectivity index (χ1n) is 6.41. The van der Waals surface area contributed by atoms with Crippen LogP contribution in [0.1, 0.15) is 0 Å². The van der Waals surface area contributed by atoms with Crippen LogP contribution in [0.3, 0.4) is 0 Å². The van der Waals surface area contributed by atoms with Crippen LogP contribution in [0.15, 0.2) is 42.9 Å². The lowest BCUT2D eigenvalue weighted by molar-refractivity contribution is 0.628. The molecule has 0 spiro atoms. The molecule has 23 heavy (non-hydrogen) atoms. The summed E-state index contributed by atoms with van der Waals surface area (Å²) in [7, 11) is 0. The lowest BCUT2D eigenvalue weighted by Crippen LogP contribution is -2.28. The van der Waals surface area contributed by atoms with Gasteiger partial charge in [-0.25, -0.2) is 19.1 Å². The van der Waals surface area contributed by atoms with E-state index >= 15 is 0 Å². The lowest BCUT2D eigenvalue weighted by Gasteiger charge is -2.12. The number of anilines is 1. The molecule has 0 atom stereocenters. The Bertz CT molecular complexity index is 891. The van der Waals surface area contributed by atoms with Crippen molar-refractivity contribution in [1.82, 2.24) is 24.8 Å². The van der Waals surface area contributed by atoms with E-state index in [1.165, 1.54) is 16.8 Å². The molecule has 116 valence electrons. The molecule has 3 aromatic rings. The predicted octanol–water partition coefficient (Wildman–Crippen LogP) is 2.48. The molecule has 7 nitrogen and oxygen atoms in total. The van der Waals surface area contributed by atoms with E-state index in [0.717, 1.165) is 0 Å². The summed E-state index contributed by atoms with van der Waals surface area (Å²) < 4.78 is 14.9. The van der Waals surface area contributed by atoms with Crippen LogP contribution in [0, 0.1) is 10.6 Å². The number of H-pyrrole nitrogens is 1. The second-order valence-electron chi connectivity index (χ2n) is 4.35. The Balaban J connectivity index is 1.82. The molecule has 0 amide bonds. The van der Waals surface area contributed by atoms with Crippen molar-refractivity contribution in [3.63, 3.8) is 0 Å². The summed E-state index contributed by atoms with van der Waals surface area (Å²) in [5.41, 5.74) is 3.90. The smallest absolute Gasteiger partial charge is 0.215 e. The number of hydrogen-bond acceptors (Lipinski definition) is 5. The number of halogens is 1. The van der Waals surface area contributed by atoms with Gasteiger partial charge in [0.1, 0.15) is 11.5 Å². The van der Waals surface area contributed by atoms with E-state index in [0.29, 0.717) is 22.0 Å². The van der Waals surface area contributed by atoms with E-state index in [1.54, 1.807) is 30.7 Å². The van der Waals surface area contributed by atoms with E-state index in [4.69, 9.17) is 24.4 Å². The van der Waals surface area contributed by atoms with Gasteiger partial charge in [0, 0.05) is 18.1 Å². The van der Waals surface area contributed by atoms with Gasteiger partial charge in [0.2, 0.25) is 10.6 Å². The quantitative estimate of drug-likeness (QED) is 0.628. The lowest BCUT2D eigenvalue weighted by atomic mass is 10.3. The summed E-state index contributed by atoms with van der Waals surface area (Å²) in [6, 6.07) is 5.94. The van der Waals surface area contributed by atoms with Crippen LogP contribution in [0.25, 0.3) is 11.5 Å². The Labute approximate surface area is 140 Å². The molecule has 0 radical (unpaired) electrons. The van der Waals surface area contributed by atoms with Crippen molar-refractivity contribution < 1.29 is 4.39 Å². The summed E-state index contributed by atoms with van der Waals surface area (Å²) in [5, 5.41) is 9.83. The molecule has 0 saturated heterocycles. The maximum Gasteiger partial charge on any atom is 0.215 e. The number of hydrogen-bond donors (Lipinski definition) is 3. The molecule has 0 unspecified atom stereocenters. The monoisotopic (exact) mass is 347 g/mol. The molecular weight excluding hydrogens is 337 g/mol. The fourth-order valence-electron chi connectivity index (χ4n) is 1.81. The van der Waals surface area contributed by atoms with Gasteiger partial charge in [-0.05, 0) is 42.6 Å². The van der Waals surface area contributed by atoms with Crippen LogP contribution >= 0.6 is 24.4 Å². The molecule has 2 heterocycles. The third-order valence-electron chi connectivity index (χ3n) is 2.76. The minimum Gasteiger partial charge on any atom is -0.331 e. The van der Waals surface area contributed by atoms with Gasteiger partial charge >= 0.3 is 0 Å². The summed E-state index contributed by atoms with van der Waals surface area (Å²) in [4.78, 5) is 8.15. The first kappa shape index (κ1) is 15.2. The highest BCUT2D eigenvalue weighted by Crippen LogP contribution is 2.12. The maximum absolute atomic E-state index is 13.2. The molecule has 0 aliphatic heterocycles. The number of aromatic nitrogens is 5. The first-order valence-corrected chi connectivity index (χ1v) is 7.22. The second kappa shape index (κ2) is 6.58. The fourth-order valence-corrected chi connectivity index (χ4v) is 2.20. The molecule has 2 aromatic heterocycles. The Hall–Kier alpha value is -2.72. The summed E-state index contributed by atoms with van der Waals surface area (Å²) >= 11 is 10.4. The number of rotatable bonds is 3. The zero-order chi connectivity index (χ0) is 16.2. The van der Waals surface area contributed by atoms with Crippen LogP contribution in [0.2, 0.25) is 0 Å². The highest BCUT2D eigenvalue weighted by molar-refractivity contribution is 7.80. The van der Waals surface area contributed by atoms with Gasteiger partial charge in [-0.2, -0.15) is 5.10 Å². The average Bonchev–Trinajstić information content (AvgIpc) is 2.89. The number of benzene rings is 1. The van der Waals surface area contributed by atoms with Gasteiger partial charge in [-0.3, -0.25) is 10.4 Å². The molecule has 3 N–H and O–H groups in total. The largest absolute Gasteiger partial charge is 0.331 e. The molecule has 1 aromatic carbocycles. The third kappa shape index (κ3) is 3.55. The zero-order valence-corrected chi connectivity index (χ0v) is 13.2. The van der Waals surface area contributed by atoms with Gasteiger partial charge < -0.3 is 5.32 Å². The SMILES string of the molecule is Fc1cccc(NC(=S)Nn2c(-c3cnccn3)n[nH]c2=S)c1. The van der Waals surface area contributed by atoms with Crippen LogP contribution < -0.4 is 10.7 Å². The van der Waals surface area contributed by atoms with Gasteiger partial charge in [-0.15, -0.1) is 0 Å². The number of aromatic amines is 1. The number of nitrogens with one attached hydrogen (secondary N) is 3. The van der Waals surface area contributed by atoms with Crippen LogP contribution in [0.5, 0.6) is 0 Å². The normalized spacial score (nSPS) is 10.3. The fraction of sp³-hybridized carbons (Fsp3) is 0. The Morgan fingerprint density at radius 2 is 2.17 bits per heavy atom. The molecule has 0 saturated carbocycles. The Morgan fingerprint density at radius 1 is 1.30 bits per heavy atom. The predicted molar refractivity (Wildman–Crippen MR) is 90.4 cm³/mol. The van der Waals surface area contributed by atoms with Crippen LogP contribution in [-0.4, -0.2) is 30.0 Å². The maximum atomic E-state index is 13.2. The van der Waals surface area contributed by atoms with Crippen molar-refractivity contribution in [1.29, 1.82) is 0 Å². The van der Waals surface area contributed by atoms with Gasteiger partial charge in [0.15, 0.2) is 5.11 Å². The first-order chi connectivity index (χ1) is 11.1. The van der Waals surface area contributed by atoms with Gasteiger partial charge in [0.05, 0.1) is 6.20 Å². The van der Waals surface area contributed by atoms with Gasteiger partial charge in [0.25, 0.3) is 0 Å². The zero-order valence-electron chi connectivity index (χ0n) is 11.5. The van der Waals surface area contributed by atoms with Crippen molar-refractivity contribution in [2.45, 2.75) is 0 Å². The minimum atomic E-state index is -0.363. The third-order valence-corrected chi connectivity index (χ3v) is 3.23. The molecular formula is C13H10FN7S2. The van der Waals surface area contributed by atoms with Crippen molar-refractivity contribution in [3.8, 4) is 11.5 Å². The van der Waals surface area contributed by atoms with Gasteiger partial charge in [-0.1, -0.05) is 6.07 Å². The minimum absolute atomic E-state index is 0.221. The molecule has 10 heteroatoms. The summed E-state index contributed by atoms with van der Waals surface area (Å²) in [6.45, 7) is 0. The number of nitrogens with zero attached hydrogens (tertiary/aromatic N) is 4. The van der Waals surface area contributed by atoms with E-state index in [9.17, 15) is 4.39 Å². The highest BCUT2D eigenvalue weighted by atomic mass is 32.1. The molecule has 0 aliphatic carbocycles. The van der Waals surface area contributed by atoms with Crippen LogP contribution in [0.4, 0.5) is 10.1 Å². The van der Waals surface area contributed by atoms with E-state index < -0.39 is 0 Å².